The third-order valence-corrected chi connectivity index (χ3v) is 36.9. The van der Waals surface area contributed by atoms with Gasteiger partial charge in [-0.25, -0.2) is 0 Å². The van der Waals surface area contributed by atoms with Gasteiger partial charge in [0.15, 0.2) is 0 Å². The van der Waals surface area contributed by atoms with Crippen molar-refractivity contribution in [3.05, 3.63) is 103 Å². The molecule has 0 amide bonds. The molecule has 31 heavy (non-hydrogen) atoms. The summed E-state index contributed by atoms with van der Waals surface area (Å²) in [4.78, 5) is 0. The van der Waals surface area contributed by atoms with Gasteiger partial charge in [-0.3, -0.25) is 0 Å². The molecule has 0 fully saturated rings. The van der Waals surface area contributed by atoms with Crippen molar-refractivity contribution in [2.45, 2.75) is 32.9 Å². The van der Waals surface area contributed by atoms with Crippen LogP contribution in [0.5, 0.6) is 11.5 Å². The zero-order valence-corrected chi connectivity index (χ0v) is 21.5. The number of hydrogen-bond donors (Lipinski definition) is 0. The average Bonchev–Trinajstić information content (AvgIpc) is 3.44. The van der Waals surface area contributed by atoms with E-state index in [4.69, 9.17) is 5.63 Å². The van der Waals surface area contributed by atoms with Crippen LogP contribution in [0.4, 0.5) is 8.78 Å². The summed E-state index contributed by atoms with van der Waals surface area (Å²) >= 11 is -4.91. The Kier molecular flexibility index (Phi) is 6.06. The summed E-state index contributed by atoms with van der Waals surface area (Å²) < 4.78 is 44.0. The predicted molar refractivity (Wildman–Crippen MR) is 120 cm³/mol. The molecule has 0 saturated heterocycles. The molecular weight excluding hydrogens is 490 g/mol. The van der Waals surface area contributed by atoms with Crippen LogP contribution < -0.4 is 5.63 Å². The second-order valence-electron chi connectivity index (χ2n) is 8.33. The molecule has 0 atom stereocenters. The van der Waals surface area contributed by atoms with E-state index in [0.29, 0.717) is 11.5 Å². The van der Waals surface area contributed by atoms with Crippen LogP contribution in [-0.2, 0) is 18.3 Å². The van der Waals surface area contributed by atoms with Crippen LogP contribution >= 0.6 is 0 Å². The molecule has 2 nitrogen and oxygen atoms in total. The molecule has 0 spiro atoms. The molecule has 0 radical (unpaired) electrons. The SMILES string of the molecule is CC1=CC[C]([Zr]([O]c2ccc(F)cc2)([O]c2ccc(F)cc2)([C]2=CC=CC2)=[Si](C)C)=C1. The number of halogens is 2. The normalized spacial score (nSPS) is 16.0. The molecule has 4 rings (SSSR count). The first-order chi connectivity index (χ1) is 14.8. The van der Waals surface area contributed by atoms with Crippen molar-refractivity contribution >= 4 is 5.43 Å². The van der Waals surface area contributed by atoms with Crippen LogP contribution in [0.2, 0.25) is 13.1 Å². The maximum atomic E-state index is 13.7. The summed E-state index contributed by atoms with van der Waals surface area (Å²) in [5, 5.41) is 0. The zero-order chi connectivity index (χ0) is 22.1. The number of hydrogen-bond acceptors (Lipinski definition) is 2. The molecule has 0 aliphatic heterocycles. The van der Waals surface area contributed by atoms with E-state index >= 15 is 0 Å². The Labute approximate surface area is 184 Å². The first-order valence-corrected chi connectivity index (χ1v) is 21.1. The minimum atomic E-state index is -4.91. The van der Waals surface area contributed by atoms with Crippen molar-refractivity contribution in [1.82, 2.24) is 0 Å². The fourth-order valence-electron chi connectivity index (χ4n) is 4.55. The molecule has 6 heteroatoms. The van der Waals surface area contributed by atoms with Gasteiger partial charge in [0.05, 0.1) is 0 Å². The summed E-state index contributed by atoms with van der Waals surface area (Å²) in [6.07, 6.45) is 12.3. The summed E-state index contributed by atoms with van der Waals surface area (Å²) in [6.45, 7) is 6.58. The second-order valence-corrected chi connectivity index (χ2v) is 32.5. The van der Waals surface area contributed by atoms with Crippen LogP contribution in [-0.4, -0.2) is 5.43 Å². The van der Waals surface area contributed by atoms with E-state index in [1.54, 1.807) is 24.3 Å². The van der Waals surface area contributed by atoms with Crippen LogP contribution in [0, 0.1) is 11.6 Å². The van der Waals surface area contributed by atoms with Crippen molar-refractivity contribution in [1.29, 1.82) is 0 Å². The maximum absolute atomic E-state index is 13.7. The predicted octanol–water partition coefficient (Wildman–Crippen LogP) is 7.27. The molecular formula is C25H26F2O2SiZr. The van der Waals surface area contributed by atoms with Gasteiger partial charge in [-0.1, -0.05) is 0 Å². The first kappa shape index (κ1) is 22.2. The van der Waals surface area contributed by atoms with Crippen molar-refractivity contribution < 1.29 is 32.7 Å². The van der Waals surface area contributed by atoms with Gasteiger partial charge in [0, 0.05) is 0 Å². The van der Waals surface area contributed by atoms with Crippen molar-refractivity contribution in [2.75, 3.05) is 0 Å². The number of allylic oxidation sites excluding steroid dienone is 8. The Bertz CT molecular complexity index is 1150. The molecule has 160 valence electrons. The van der Waals surface area contributed by atoms with Gasteiger partial charge in [-0.15, -0.1) is 0 Å². The molecule has 2 aliphatic carbocycles. The molecule has 2 aromatic rings. The van der Waals surface area contributed by atoms with E-state index in [-0.39, 0.29) is 11.6 Å². The first-order valence-electron chi connectivity index (χ1n) is 10.4. The Hall–Kier alpha value is -2.04. The number of rotatable bonds is 6. The van der Waals surface area contributed by atoms with E-state index in [9.17, 15) is 8.78 Å². The van der Waals surface area contributed by atoms with Gasteiger partial charge in [0.1, 0.15) is 0 Å². The van der Waals surface area contributed by atoms with E-state index in [1.165, 1.54) is 36.4 Å². The molecule has 0 aromatic heterocycles. The fourth-order valence-corrected chi connectivity index (χ4v) is 32.1. The molecule has 0 heterocycles. The molecule has 2 aromatic carbocycles. The van der Waals surface area contributed by atoms with E-state index in [0.717, 1.165) is 12.8 Å². The molecule has 0 bridgehead atoms. The van der Waals surface area contributed by atoms with Gasteiger partial charge >= 0.3 is 185 Å². The average molecular weight is 516 g/mol. The Morgan fingerprint density at radius 1 is 0.806 bits per heavy atom. The zero-order valence-electron chi connectivity index (χ0n) is 18.0. The van der Waals surface area contributed by atoms with Crippen molar-refractivity contribution in [2.24, 2.45) is 0 Å². The van der Waals surface area contributed by atoms with Gasteiger partial charge in [-0.05, 0) is 0 Å². The summed E-state index contributed by atoms with van der Waals surface area (Å²) in [6, 6.07) is 12.4. The van der Waals surface area contributed by atoms with Gasteiger partial charge in [0.25, 0.3) is 0 Å². The molecule has 0 unspecified atom stereocenters. The third kappa shape index (κ3) is 3.85. The second kappa shape index (κ2) is 8.48. The molecule has 0 saturated carbocycles. The van der Waals surface area contributed by atoms with Gasteiger partial charge < -0.3 is 0 Å². The van der Waals surface area contributed by atoms with Crippen LogP contribution in [0.15, 0.2) is 91.0 Å². The quantitative estimate of drug-likeness (QED) is 0.377. The fraction of sp³-hybridized carbons (Fsp3) is 0.200. The third-order valence-electron chi connectivity index (χ3n) is 6.14. The van der Waals surface area contributed by atoms with Crippen molar-refractivity contribution in [3.63, 3.8) is 0 Å². The molecule has 2 aliphatic rings. The van der Waals surface area contributed by atoms with Gasteiger partial charge in [0.2, 0.25) is 0 Å². The van der Waals surface area contributed by atoms with Gasteiger partial charge in [-0.2, -0.15) is 0 Å². The summed E-state index contributed by atoms with van der Waals surface area (Å²) in [7, 11) is 0. The van der Waals surface area contributed by atoms with Crippen LogP contribution in [0.25, 0.3) is 0 Å². The van der Waals surface area contributed by atoms with E-state index in [2.05, 4.69) is 50.4 Å². The van der Waals surface area contributed by atoms with E-state index < -0.39 is 23.7 Å². The topological polar surface area (TPSA) is 18.5 Å². The summed E-state index contributed by atoms with van der Waals surface area (Å²) in [5.41, 5.74) is -0.0374. The van der Waals surface area contributed by atoms with Crippen LogP contribution in [0.3, 0.4) is 0 Å². The number of benzene rings is 2. The standard InChI is InChI=1S/2C6H5FO.C6H7.C5H5.C2H6Si.Zr/c2*7-5-1-3-6(8)4-2-5;1-6-4-2-3-5-6;1-2-4-5-3-1;1-3-2;/h2*1-4,8H;4-5H,2H2,1H3;1-3H,4H2;1-2H3;/q;;;;;+2/p-2. The molecule has 0 N–H and O–H groups in total. The van der Waals surface area contributed by atoms with E-state index in [1.807, 2.05) is 0 Å². The van der Waals surface area contributed by atoms with Crippen molar-refractivity contribution in [3.8, 4) is 11.5 Å². The summed E-state index contributed by atoms with van der Waals surface area (Å²) in [5.74, 6) is 0.608. The Morgan fingerprint density at radius 2 is 1.35 bits per heavy atom. The monoisotopic (exact) mass is 514 g/mol. The Balaban J connectivity index is 2.03. The van der Waals surface area contributed by atoms with Crippen LogP contribution in [0.1, 0.15) is 19.8 Å². The Morgan fingerprint density at radius 3 is 1.74 bits per heavy atom. The minimum absolute atomic E-state index is 0.306.